The van der Waals surface area contributed by atoms with Crippen LogP contribution < -0.4 is 0 Å². The van der Waals surface area contributed by atoms with Crippen LogP contribution in [0, 0.1) is 24.2 Å². The van der Waals surface area contributed by atoms with Gasteiger partial charge >= 0.3 is 0 Å². The number of hydrogen-bond donors (Lipinski definition) is 0. The summed E-state index contributed by atoms with van der Waals surface area (Å²) in [5.74, 6) is 1.50. The summed E-state index contributed by atoms with van der Waals surface area (Å²) >= 11 is 0. The molecule has 0 unspecified atom stereocenters. The predicted molar refractivity (Wildman–Crippen MR) is 88.2 cm³/mol. The molecule has 4 heteroatoms. The van der Waals surface area contributed by atoms with E-state index in [2.05, 4.69) is 4.98 Å². The summed E-state index contributed by atoms with van der Waals surface area (Å²) in [6, 6.07) is 3.83. The van der Waals surface area contributed by atoms with E-state index in [9.17, 15) is 4.79 Å². The van der Waals surface area contributed by atoms with E-state index in [-0.39, 0.29) is 11.3 Å². The first-order chi connectivity index (χ1) is 11.2. The standard InChI is InChI=1S/C19H26N2O2/c1-14-6-8-20-17(9-14)18(22)21-10-16-3-2-7-19(16,12-21)13-23-11-15-4-5-15/h6,8-9,15-16H,2-5,7,10-13H2,1H3/t16-,19+/m0/s1. The fraction of sp³-hybridized carbons (Fsp3) is 0.684. The number of pyridine rings is 1. The van der Waals surface area contributed by atoms with Crippen LogP contribution in [0.4, 0.5) is 0 Å². The molecular formula is C19H26N2O2. The Balaban J connectivity index is 1.44. The third kappa shape index (κ3) is 3.01. The van der Waals surface area contributed by atoms with Crippen LogP contribution >= 0.6 is 0 Å². The molecule has 23 heavy (non-hydrogen) atoms. The summed E-state index contributed by atoms with van der Waals surface area (Å²) in [7, 11) is 0. The van der Waals surface area contributed by atoms with E-state index in [1.807, 2.05) is 24.0 Å². The molecule has 1 aromatic rings. The van der Waals surface area contributed by atoms with E-state index in [1.54, 1.807) is 6.20 Å². The normalized spacial score (nSPS) is 29.8. The molecule has 0 spiro atoms. The van der Waals surface area contributed by atoms with Crippen molar-refractivity contribution in [3.8, 4) is 0 Å². The van der Waals surface area contributed by atoms with Gasteiger partial charge in [-0.25, -0.2) is 0 Å². The van der Waals surface area contributed by atoms with Gasteiger partial charge in [0.15, 0.2) is 0 Å². The Morgan fingerprint density at radius 1 is 1.43 bits per heavy atom. The lowest BCUT2D eigenvalue weighted by molar-refractivity contribution is 0.0306. The predicted octanol–water partition coefficient (Wildman–Crippen LogP) is 3.06. The van der Waals surface area contributed by atoms with Crippen molar-refractivity contribution in [2.75, 3.05) is 26.3 Å². The maximum atomic E-state index is 12.8. The molecule has 1 aromatic heterocycles. The second-order valence-electron chi connectivity index (χ2n) is 7.81. The molecule has 0 N–H and O–H groups in total. The third-order valence-corrected chi connectivity index (χ3v) is 5.90. The highest BCUT2D eigenvalue weighted by Crippen LogP contribution is 2.49. The lowest BCUT2D eigenvalue weighted by Crippen LogP contribution is -2.35. The van der Waals surface area contributed by atoms with Crippen LogP contribution in [-0.2, 0) is 4.74 Å². The Morgan fingerprint density at radius 2 is 2.30 bits per heavy atom. The molecule has 2 atom stereocenters. The van der Waals surface area contributed by atoms with Gasteiger partial charge in [-0.2, -0.15) is 0 Å². The Bertz CT molecular complexity index is 599. The van der Waals surface area contributed by atoms with Crippen molar-refractivity contribution in [3.05, 3.63) is 29.6 Å². The molecule has 0 aromatic carbocycles. The molecule has 124 valence electrons. The average molecular weight is 314 g/mol. The number of fused-ring (bicyclic) bond motifs is 1. The van der Waals surface area contributed by atoms with E-state index >= 15 is 0 Å². The van der Waals surface area contributed by atoms with Gasteiger partial charge in [-0.15, -0.1) is 0 Å². The molecule has 3 aliphatic rings. The number of likely N-dealkylation sites (tertiary alicyclic amines) is 1. The molecule has 1 aliphatic heterocycles. The highest BCUT2D eigenvalue weighted by atomic mass is 16.5. The van der Waals surface area contributed by atoms with E-state index in [0.29, 0.717) is 11.6 Å². The molecule has 1 amide bonds. The molecule has 2 saturated carbocycles. The molecule has 3 fully saturated rings. The van der Waals surface area contributed by atoms with Gasteiger partial charge in [0.2, 0.25) is 0 Å². The Labute approximate surface area is 138 Å². The van der Waals surface area contributed by atoms with Gasteiger partial charge < -0.3 is 9.64 Å². The number of carbonyl (C=O) groups is 1. The van der Waals surface area contributed by atoms with Gasteiger partial charge in [0, 0.05) is 31.3 Å². The topological polar surface area (TPSA) is 42.4 Å². The highest BCUT2D eigenvalue weighted by molar-refractivity contribution is 5.92. The molecule has 4 rings (SSSR count). The van der Waals surface area contributed by atoms with Gasteiger partial charge in [-0.1, -0.05) is 6.42 Å². The Morgan fingerprint density at radius 3 is 3.09 bits per heavy atom. The smallest absolute Gasteiger partial charge is 0.272 e. The minimum Gasteiger partial charge on any atom is -0.381 e. The number of ether oxygens (including phenoxy) is 1. The zero-order valence-corrected chi connectivity index (χ0v) is 14.0. The van der Waals surface area contributed by atoms with Crippen molar-refractivity contribution in [1.82, 2.24) is 9.88 Å². The molecule has 2 heterocycles. The minimum absolute atomic E-state index is 0.0877. The first kappa shape index (κ1) is 15.1. The van der Waals surface area contributed by atoms with Crippen molar-refractivity contribution >= 4 is 5.91 Å². The number of rotatable bonds is 5. The average Bonchev–Trinajstić information content (AvgIpc) is 3.16. The fourth-order valence-corrected chi connectivity index (χ4v) is 4.33. The summed E-state index contributed by atoms with van der Waals surface area (Å²) in [6.07, 6.45) is 8.11. The van der Waals surface area contributed by atoms with Gasteiger partial charge in [0.1, 0.15) is 5.69 Å². The maximum absolute atomic E-state index is 12.8. The zero-order valence-electron chi connectivity index (χ0n) is 14.0. The van der Waals surface area contributed by atoms with E-state index in [4.69, 9.17) is 4.74 Å². The van der Waals surface area contributed by atoms with E-state index in [0.717, 1.165) is 37.8 Å². The van der Waals surface area contributed by atoms with Crippen LogP contribution in [0.25, 0.3) is 0 Å². The van der Waals surface area contributed by atoms with E-state index in [1.165, 1.54) is 32.1 Å². The summed E-state index contributed by atoms with van der Waals surface area (Å²) < 4.78 is 6.05. The molecule has 0 radical (unpaired) electrons. The quantitative estimate of drug-likeness (QED) is 0.839. The van der Waals surface area contributed by atoms with Crippen molar-refractivity contribution in [1.29, 1.82) is 0 Å². The van der Waals surface area contributed by atoms with Crippen LogP contribution in [-0.4, -0.2) is 42.1 Å². The van der Waals surface area contributed by atoms with Crippen molar-refractivity contribution in [2.45, 2.75) is 39.0 Å². The van der Waals surface area contributed by atoms with Crippen molar-refractivity contribution in [2.24, 2.45) is 17.3 Å². The molecular weight excluding hydrogens is 288 g/mol. The van der Waals surface area contributed by atoms with Crippen LogP contribution in [0.15, 0.2) is 18.3 Å². The van der Waals surface area contributed by atoms with Crippen molar-refractivity contribution < 1.29 is 9.53 Å². The Kier molecular flexibility index (Phi) is 3.88. The first-order valence-corrected chi connectivity index (χ1v) is 8.96. The summed E-state index contributed by atoms with van der Waals surface area (Å²) in [5, 5.41) is 0. The highest BCUT2D eigenvalue weighted by Gasteiger charge is 2.51. The lowest BCUT2D eigenvalue weighted by atomic mass is 9.81. The van der Waals surface area contributed by atoms with Crippen LogP contribution in [0.2, 0.25) is 0 Å². The molecule has 2 aliphatic carbocycles. The number of aryl methyl sites for hydroxylation is 1. The third-order valence-electron chi connectivity index (χ3n) is 5.90. The van der Waals surface area contributed by atoms with E-state index < -0.39 is 0 Å². The fourth-order valence-electron chi connectivity index (χ4n) is 4.33. The van der Waals surface area contributed by atoms with Gasteiger partial charge in [0.25, 0.3) is 5.91 Å². The maximum Gasteiger partial charge on any atom is 0.272 e. The second-order valence-corrected chi connectivity index (χ2v) is 7.81. The second kappa shape index (κ2) is 5.90. The van der Waals surface area contributed by atoms with Gasteiger partial charge in [-0.05, 0) is 62.1 Å². The van der Waals surface area contributed by atoms with Crippen LogP contribution in [0.5, 0.6) is 0 Å². The number of carbonyl (C=O) groups excluding carboxylic acids is 1. The first-order valence-electron chi connectivity index (χ1n) is 8.96. The van der Waals surface area contributed by atoms with Gasteiger partial charge in [0.05, 0.1) is 6.61 Å². The largest absolute Gasteiger partial charge is 0.381 e. The number of aromatic nitrogens is 1. The lowest BCUT2D eigenvalue weighted by Gasteiger charge is -2.28. The minimum atomic E-state index is 0.0877. The Hall–Kier alpha value is -1.42. The monoisotopic (exact) mass is 314 g/mol. The molecule has 1 saturated heterocycles. The van der Waals surface area contributed by atoms with Gasteiger partial charge in [-0.3, -0.25) is 9.78 Å². The molecule has 4 nitrogen and oxygen atoms in total. The van der Waals surface area contributed by atoms with Crippen LogP contribution in [0.3, 0.4) is 0 Å². The number of nitrogens with zero attached hydrogens (tertiary/aromatic N) is 2. The SMILES string of the molecule is Cc1ccnc(C(=O)N2C[C@@H]3CCC[C@]3(COCC3CC3)C2)c1. The summed E-state index contributed by atoms with van der Waals surface area (Å²) in [6.45, 7) is 5.48. The number of amides is 1. The van der Waals surface area contributed by atoms with Crippen LogP contribution in [0.1, 0.15) is 48.2 Å². The molecule has 0 bridgehead atoms. The van der Waals surface area contributed by atoms with Crippen molar-refractivity contribution in [3.63, 3.8) is 0 Å². The summed E-state index contributed by atoms with van der Waals surface area (Å²) in [5.41, 5.74) is 1.87. The number of hydrogen-bond acceptors (Lipinski definition) is 3. The zero-order chi connectivity index (χ0) is 15.9. The summed E-state index contributed by atoms with van der Waals surface area (Å²) in [4.78, 5) is 19.1.